The Morgan fingerprint density at radius 3 is 2.44 bits per heavy atom. The number of benzene rings is 2. The fraction of sp³-hybridized carbons (Fsp3) is 0.417. The number of carbonyl (C=O) groups is 1. The van der Waals surface area contributed by atoms with Gasteiger partial charge in [-0.25, -0.2) is 8.42 Å². The minimum Gasteiger partial charge on any atom is -0.378 e. The normalized spacial score (nSPS) is 17.9. The zero-order valence-corrected chi connectivity index (χ0v) is 20.2. The fourth-order valence-electron chi connectivity index (χ4n) is 4.55. The van der Waals surface area contributed by atoms with Crippen molar-refractivity contribution in [1.82, 2.24) is 14.4 Å². The van der Waals surface area contributed by atoms with Gasteiger partial charge in [-0.3, -0.25) is 4.79 Å². The molecule has 0 aliphatic carbocycles. The van der Waals surface area contributed by atoms with Gasteiger partial charge in [-0.15, -0.1) is 0 Å². The SMILES string of the molecule is Cc1cccc(N2CCN(S(=O)(=O)c3ccc4onc(C(=O)N5CCOCC5)c4c3)CC2)c1C. The molecule has 0 radical (unpaired) electrons. The summed E-state index contributed by atoms with van der Waals surface area (Å²) in [5.41, 5.74) is 4.10. The average Bonchev–Trinajstić information content (AvgIpc) is 3.29. The molecule has 2 fully saturated rings. The molecule has 0 N–H and O–H groups in total. The van der Waals surface area contributed by atoms with Crippen LogP contribution in [0.15, 0.2) is 45.8 Å². The first-order valence-electron chi connectivity index (χ1n) is 11.4. The monoisotopic (exact) mass is 484 g/mol. The van der Waals surface area contributed by atoms with Gasteiger partial charge in [-0.05, 0) is 49.2 Å². The molecule has 10 heteroatoms. The number of amides is 1. The van der Waals surface area contributed by atoms with E-state index in [1.165, 1.54) is 27.6 Å². The number of carbonyl (C=O) groups excluding carboxylic acids is 1. The molecule has 2 aliphatic heterocycles. The van der Waals surface area contributed by atoms with Crippen molar-refractivity contribution in [2.24, 2.45) is 0 Å². The summed E-state index contributed by atoms with van der Waals surface area (Å²) >= 11 is 0. The van der Waals surface area contributed by atoms with Crippen LogP contribution < -0.4 is 4.90 Å². The third kappa shape index (κ3) is 4.06. The van der Waals surface area contributed by atoms with E-state index in [9.17, 15) is 13.2 Å². The second-order valence-corrected chi connectivity index (χ2v) is 10.6. The summed E-state index contributed by atoms with van der Waals surface area (Å²) in [5.74, 6) is -0.279. The Morgan fingerprint density at radius 1 is 0.971 bits per heavy atom. The molecule has 0 spiro atoms. The molecule has 5 rings (SSSR count). The van der Waals surface area contributed by atoms with Gasteiger partial charge in [0.2, 0.25) is 10.0 Å². The lowest BCUT2D eigenvalue weighted by Crippen LogP contribution is -2.48. The van der Waals surface area contributed by atoms with Crippen LogP contribution in [0, 0.1) is 13.8 Å². The van der Waals surface area contributed by atoms with Gasteiger partial charge in [-0.2, -0.15) is 4.31 Å². The van der Waals surface area contributed by atoms with E-state index in [1.54, 1.807) is 11.0 Å². The first-order valence-corrected chi connectivity index (χ1v) is 12.9. The molecule has 0 atom stereocenters. The Bertz CT molecular complexity index is 1320. The summed E-state index contributed by atoms with van der Waals surface area (Å²) in [6, 6.07) is 10.8. The number of nitrogens with zero attached hydrogens (tertiary/aromatic N) is 4. The number of aryl methyl sites for hydroxylation is 1. The summed E-state index contributed by atoms with van der Waals surface area (Å²) in [7, 11) is -3.73. The highest BCUT2D eigenvalue weighted by Gasteiger charge is 2.31. The fourth-order valence-corrected chi connectivity index (χ4v) is 5.99. The minimum atomic E-state index is -3.73. The molecule has 1 amide bonds. The summed E-state index contributed by atoms with van der Waals surface area (Å²) in [6.07, 6.45) is 0. The first-order chi connectivity index (χ1) is 16.4. The lowest BCUT2D eigenvalue weighted by atomic mass is 10.1. The highest BCUT2D eigenvalue weighted by Crippen LogP contribution is 2.28. The number of hydrogen-bond donors (Lipinski definition) is 0. The first kappa shape index (κ1) is 22.8. The quantitative estimate of drug-likeness (QED) is 0.561. The topological polar surface area (TPSA) is 96.2 Å². The van der Waals surface area contributed by atoms with Crippen molar-refractivity contribution in [3.63, 3.8) is 0 Å². The number of aromatic nitrogens is 1. The maximum Gasteiger partial charge on any atom is 0.276 e. The van der Waals surface area contributed by atoms with Gasteiger partial charge < -0.3 is 19.1 Å². The zero-order valence-electron chi connectivity index (χ0n) is 19.4. The van der Waals surface area contributed by atoms with E-state index in [0.717, 1.165) is 5.69 Å². The Hall–Kier alpha value is -2.95. The van der Waals surface area contributed by atoms with Crippen molar-refractivity contribution in [3.05, 3.63) is 53.2 Å². The smallest absolute Gasteiger partial charge is 0.276 e. The van der Waals surface area contributed by atoms with Gasteiger partial charge in [0.1, 0.15) is 0 Å². The lowest BCUT2D eigenvalue weighted by molar-refractivity contribution is 0.0297. The van der Waals surface area contributed by atoms with E-state index in [-0.39, 0.29) is 16.5 Å². The molecular formula is C24H28N4O5S. The zero-order chi connectivity index (χ0) is 23.9. The Balaban J connectivity index is 1.37. The van der Waals surface area contributed by atoms with Crippen LogP contribution in [0.1, 0.15) is 21.6 Å². The van der Waals surface area contributed by atoms with Crippen LogP contribution >= 0.6 is 0 Å². The molecule has 9 nitrogen and oxygen atoms in total. The molecule has 34 heavy (non-hydrogen) atoms. The second-order valence-electron chi connectivity index (χ2n) is 8.70. The third-order valence-electron chi connectivity index (χ3n) is 6.74. The maximum atomic E-state index is 13.4. The van der Waals surface area contributed by atoms with Crippen LogP contribution in [0.3, 0.4) is 0 Å². The minimum absolute atomic E-state index is 0.133. The summed E-state index contributed by atoms with van der Waals surface area (Å²) in [5, 5.41) is 4.35. The molecule has 2 aromatic carbocycles. The van der Waals surface area contributed by atoms with Crippen molar-refractivity contribution in [2.75, 3.05) is 57.4 Å². The van der Waals surface area contributed by atoms with E-state index in [2.05, 4.69) is 36.0 Å². The largest absolute Gasteiger partial charge is 0.378 e. The van der Waals surface area contributed by atoms with E-state index in [4.69, 9.17) is 9.26 Å². The third-order valence-corrected chi connectivity index (χ3v) is 8.63. The van der Waals surface area contributed by atoms with Crippen molar-refractivity contribution < 1.29 is 22.5 Å². The van der Waals surface area contributed by atoms with E-state index >= 15 is 0 Å². The van der Waals surface area contributed by atoms with Crippen molar-refractivity contribution in [3.8, 4) is 0 Å². The van der Waals surface area contributed by atoms with Crippen LogP contribution in [0.5, 0.6) is 0 Å². The molecule has 0 bridgehead atoms. The molecule has 0 unspecified atom stereocenters. The lowest BCUT2D eigenvalue weighted by Gasteiger charge is -2.36. The standard InChI is InChI=1S/C24H28N4O5S/c1-17-4-3-5-21(18(17)2)26-8-10-28(11-9-26)34(30,31)19-6-7-22-20(16-19)23(25-33-22)24(29)27-12-14-32-15-13-27/h3-7,16H,8-15H2,1-2H3. The maximum absolute atomic E-state index is 13.4. The van der Waals surface area contributed by atoms with Crippen LogP contribution in [0.4, 0.5) is 5.69 Å². The summed E-state index contributed by atoms with van der Waals surface area (Å²) in [4.78, 5) is 17.0. The molecule has 2 saturated heterocycles. The van der Waals surface area contributed by atoms with Crippen LogP contribution in [0.25, 0.3) is 11.0 Å². The van der Waals surface area contributed by atoms with Gasteiger partial charge in [-0.1, -0.05) is 17.3 Å². The van der Waals surface area contributed by atoms with Gasteiger partial charge >= 0.3 is 0 Å². The van der Waals surface area contributed by atoms with Gasteiger partial charge in [0.25, 0.3) is 5.91 Å². The van der Waals surface area contributed by atoms with Crippen molar-refractivity contribution >= 4 is 32.6 Å². The Kier molecular flexibility index (Phi) is 6.05. The number of fused-ring (bicyclic) bond motifs is 1. The van der Waals surface area contributed by atoms with E-state index in [0.29, 0.717) is 63.5 Å². The van der Waals surface area contributed by atoms with Crippen LogP contribution in [0.2, 0.25) is 0 Å². The highest BCUT2D eigenvalue weighted by atomic mass is 32.2. The van der Waals surface area contributed by atoms with Crippen molar-refractivity contribution in [2.45, 2.75) is 18.7 Å². The number of hydrogen-bond acceptors (Lipinski definition) is 7. The van der Waals surface area contributed by atoms with E-state index in [1.807, 2.05) is 6.07 Å². The number of ether oxygens (including phenoxy) is 1. The molecule has 2 aliphatic rings. The number of piperazine rings is 1. The number of anilines is 1. The molecule has 3 aromatic rings. The van der Waals surface area contributed by atoms with Crippen molar-refractivity contribution in [1.29, 1.82) is 0 Å². The summed E-state index contributed by atoms with van der Waals surface area (Å²) < 4.78 is 39.0. The Labute approximate surface area is 198 Å². The van der Waals surface area contributed by atoms with E-state index < -0.39 is 10.0 Å². The number of sulfonamides is 1. The molecule has 180 valence electrons. The number of morpholine rings is 1. The summed E-state index contributed by atoms with van der Waals surface area (Å²) in [6.45, 7) is 8.04. The predicted molar refractivity (Wildman–Crippen MR) is 128 cm³/mol. The van der Waals surface area contributed by atoms with Gasteiger partial charge in [0.15, 0.2) is 11.3 Å². The van der Waals surface area contributed by atoms with Gasteiger partial charge in [0, 0.05) is 45.0 Å². The number of rotatable bonds is 4. The molecule has 1 aromatic heterocycles. The molecule has 3 heterocycles. The average molecular weight is 485 g/mol. The second kappa shape index (κ2) is 9.01. The molecular weight excluding hydrogens is 456 g/mol. The Morgan fingerprint density at radius 2 is 1.71 bits per heavy atom. The van der Waals surface area contributed by atoms with Gasteiger partial charge in [0.05, 0.1) is 23.5 Å². The predicted octanol–water partition coefficient (Wildman–Crippen LogP) is 2.43. The van der Waals surface area contributed by atoms with Crippen LogP contribution in [-0.2, 0) is 14.8 Å². The highest BCUT2D eigenvalue weighted by molar-refractivity contribution is 7.89. The van der Waals surface area contributed by atoms with Crippen LogP contribution in [-0.4, -0.2) is 81.2 Å². The molecule has 0 saturated carbocycles.